The molecular weight excluding hydrogens is 356 g/mol. The Morgan fingerprint density at radius 2 is 1.11 bits per heavy atom. The molecule has 3 N–H and O–H groups in total. The Labute approximate surface area is 167 Å². The van der Waals surface area contributed by atoms with E-state index in [1.165, 1.54) is 77.0 Å². The summed E-state index contributed by atoms with van der Waals surface area (Å²) >= 11 is 0. The van der Waals surface area contributed by atoms with E-state index in [0.29, 0.717) is 12.2 Å². The first-order chi connectivity index (χ1) is 13.1. The molecule has 0 heterocycles. The predicted molar refractivity (Wildman–Crippen MR) is 116 cm³/mol. The number of nitrogens with one attached hydrogen (secondary N) is 1. The Bertz CT molecular complexity index is 570. The molecule has 0 unspecified atom stereocenters. The van der Waals surface area contributed by atoms with Gasteiger partial charge in [-0.15, -0.1) is 0 Å². The van der Waals surface area contributed by atoms with Gasteiger partial charge >= 0.3 is 0 Å². The maximum Gasteiger partial charge on any atom is 0.240 e. The molecule has 0 amide bonds. The van der Waals surface area contributed by atoms with Crippen molar-refractivity contribution in [1.82, 2.24) is 4.72 Å². The summed E-state index contributed by atoms with van der Waals surface area (Å²) in [7, 11) is -3.40. The third-order valence-corrected chi connectivity index (χ3v) is 6.49. The van der Waals surface area contributed by atoms with Crippen molar-refractivity contribution in [2.24, 2.45) is 0 Å². The molecule has 156 valence electrons. The molecule has 0 aliphatic carbocycles. The van der Waals surface area contributed by atoms with Crippen molar-refractivity contribution in [2.75, 3.05) is 12.3 Å². The number of sulfonamides is 1. The van der Waals surface area contributed by atoms with Crippen LogP contribution < -0.4 is 10.5 Å². The Morgan fingerprint density at radius 1 is 0.704 bits per heavy atom. The van der Waals surface area contributed by atoms with Crippen LogP contribution in [0.4, 0.5) is 5.69 Å². The van der Waals surface area contributed by atoms with Crippen molar-refractivity contribution >= 4 is 15.7 Å². The molecule has 0 spiro atoms. The zero-order valence-electron chi connectivity index (χ0n) is 17.2. The smallest absolute Gasteiger partial charge is 0.240 e. The van der Waals surface area contributed by atoms with E-state index >= 15 is 0 Å². The Hall–Kier alpha value is -1.07. The zero-order chi connectivity index (χ0) is 19.8. The summed E-state index contributed by atoms with van der Waals surface area (Å²) in [5, 5.41) is 0. The van der Waals surface area contributed by atoms with E-state index in [1.807, 2.05) is 0 Å². The van der Waals surface area contributed by atoms with E-state index in [-0.39, 0.29) is 4.90 Å². The highest BCUT2D eigenvalue weighted by Crippen LogP contribution is 2.14. The summed E-state index contributed by atoms with van der Waals surface area (Å²) in [5.41, 5.74) is 6.16. The third kappa shape index (κ3) is 12.1. The second-order valence-electron chi connectivity index (χ2n) is 7.56. The lowest BCUT2D eigenvalue weighted by Crippen LogP contribution is -2.24. The highest BCUT2D eigenvalue weighted by molar-refractivity contribution is 7.89. The first-order valence-electron chi connectivity index (χ1n) is 10.9. The second-order valence-corrected chi connectivity index (χ2v) is 9.33. The molecule has 0 saturated heterocycles. The van der Waals surface area contributed by atoms with Crippen LogP contribution >= 0.6 is 0 Å². The van der Waals surface area contributed by atoms with Crippen LogP contribution in [0.15, 0.2) is 29.2 Å². The Morgan fingerprint density at radius 3 is 1.56 bits per heavy atom. The summed E-state index contributed by atoms with van der Waals surface area (Å²) in [6.45, 7) is 2.77. The topological polar surface area (TPSA) is 72.2 Å². The molecule has 5 heteroatoms. The first-order valence-corrected chi connectivity index (χ1v) is 12.4. The lowest BCUT2D eigenvalue weighted by molar-refractivity contribution is 0.533. The molecule has 1 aromatic rings. The molecule has 0 aliphatic rings. The van der Waals surface area contributed by atoms with Gasteiger partial charge in [-0.3, -0.25) is 0 Å². The first kappa shape index (κ1) is 24.0. The predicted octanol–water partition coefficient (Wildman–Crippen LogP) is 6.03. The lowest BCUT2D eigenvalue weighted by Gasteiger charge is -2.07. The van der Waals surface area contributed by atoms with Gasteiger partial charge < -0.3 is 5.73 Å². The van der Waals surface area contributed by atoms with Gasteiger partial charge in [-0.1, -0.05) is 90.4 Å². The van der Waals surface area contributed by atoms with E-state index in [0.717, 1.165) is 12.8 Å². The lowest BCUT2D eigenvalue weighted by atomic mass is 10.0. The van der Waals surface area contributed by atoms with Crippen molar-refractivity contribution in [3.63, 3.8) is 0 Å². The zero-order valence-corrected chi connectivity index (χ0v) is 18.0. The van der Waals surface area contributed by atoms with Crippen molar-refractivity contribution in [2.45, 2.75) is 102 Å². The summed E-state index contributed by atoms with van der Waals surface area (Å²) in [5.74, 6) is 0. The molecule has 0 radical (unpaired) electrons. The van der Waals surface area contributed by atoms with Crippen LogP contribution in [0.1, 0.15) is 96.8 Å². The van der Waals surface area contributed by atoms with Crippen molar-refractivity contribution < 1.29 is 8.42 Å². The molecule has 0 fully saturated rings. The molecule has 1 aromatic carbocycles. The van der Waals surface area contributed by atoms with Gasteiger partial charge in [-0.05, 0) is 30.7 Å². The van der Waals surface area contributed by atoms with Crippen LogP contribution in [-0.2, 0) is 10.0 Å². The van der Waals surface area contributed by atoms with E-state index in [9.17, 15) is 8.42 Å². The SMILES string of the molecule is CCCCCCCCCCCCCCCCNS(=O)(=O)c1ccc(N)cc1. The Kier molecular flexibility index (Phi) is 13.2. The number of hydrogen-bond acceptors (Lipinski definition) is 3. The van der Waals surface area contributed by atoms with Crippen LogP contribution in [-0.4, -0.2) is 15.0 Å². The molecule has 0 bridgehead atoms. The minimum absolute atomic E-state index is 0.280. The minimum Gasteiger partial charge on any atom is -0.399 e. The number of anilines is 1. The summed E-state index contributed by atoms with van der Waals surface area (Å²) in [4.78, 5) is 0.280. The van der Waals surface area contributed by atoms with Crippen LogP contribution in [0.5, 0.6) is 0 Å². The average molecular weight is 397 g/mol. The van der Waals surface area contributed by atoms with Gasteiger partial charge in [0.15, 0.2) is 0 Å². The number of nitrogen functional groups attached to an aromatic ring is 1. The average Bonchev–Trinajstić information content (AvgIpc) is 2.65. The van der Waals surface area contributed by atoms with E-state index in [2.05, 4.69) is 11.6 Å². The fraction of sp³-hybridized carbons (Fsp3) is 0.727. The molecule has 0 aromatic heterocycles. The van der Waals surface area contributed by atoms with Gasteiger partial charge in [0, 0.05) is 12.2 Å². The van der Waals surface area contributed by atoms with Crippen LogP contribution in [0.25, 0.3) is 0 Å². The van der Waals surface area contributed by atoms with Gasteiger partial charge in [0.1, 0.15) is 0 Å². The Balaban J connectivity index is 1.91. The molecule has 0 atom stereocenters. The minimum atomic E-state index is -3.40. The highest BCUT2D eigenvalue weighted by Gasteiger charge is 2.12. The number of rotatable bonds is 17. The summed E-state index contributed by atoms with van der Waals surface area (Å²) in [6.07, 6.45) is 18.2. The van der Waals surface area contributed by atoms with Crippen LogP contribution in [0, 0.1) is 0 Å². The van der Waals surface area contributed by atoms with Gasteiger partial charge in [-0.2, -0.15) is 0 Å². The van der Waals surface area contributed by atoms with Gasteiger partial charge in [0.25, 0.3) is 0 Å². The number of benzene rings is 1. The largest absolute Gasteiger partial charge is 0.399 e. The number of nitrogens with two attached hydrogens (primary N) is 1. The molecule has 1 rings (SSSR count). The molecule has 0 saturated carbocycles. The van der Waals surface area contributed by atoms with E-state index in [1.54, 1.807) is 24.3 Å². The standard InChI is InChI=1S/C22H40N2O2S/c1-2-3-4-5-6-7-8-9-10-11-12-13-14-15-20-24-27(25,26)22-18-16-21(23)17-19-22/h16-19,24H,2-15,20,23H2,1H3. The number of hydrogen-bond donors (Lipinski definition) is 2. The summed E-state index contributed by atoms with van der Waals surface area (Å²) < 4.78 is 26.9. The van der Waals surface area contributed by atoms with Gasteiger partial charge in [0.2, 0.25) is 10.0 Å². The summed E-state index contributed by atoms with van der Waals surface area (Å²) in [6, 6.07) is 6.31. The second kappa shape index (κ2) is 14.9. The van der Waals surface area contributed by atoms with Crippen molar-refractivity contribution in [1.29, 1.82) is 0 Å². The molecule has 27 heavy (non-hydrogen) atoms. The van der Waals surface area contributed by atoms with Crippen molar-refractivity contribution in [3.8, 4) is 0 Å². The van der Waals surface area contributed by atoms with E-state index < -0.39 is 10.0 Å². The van der Waals surface area contributed by atoms with Crippen LogP contribution in [0.2, 0.25) is 0 Å². The monoisotopic (exact) mass is 396 g/mol. The molecular formula is C22H40N2O2S. The van der Waals surface area contributed by atoms with E-state index in [4.69, 9.17) is 5.73 Å². The maximum atomic E-state index is 12.1. The third-order valence-electron chi connectivity index (χ3n) is 5.01. The maximum absolute atomic E-state index is 12.1. The fourth-order valence-corrected chi connectivity index (χ4v) is 4.33. The highest BCUT2D eigenvalue weighted by atomic mass is 32.2. The van der Waals surface area contributed by atoms with Crippen molar-refractivity contribution in [3.05, 3.63) is 24.3 Å². The van der Waals surface area contributed by atoms with Gasteiger partial charge in [-0.25, -0.2) is 13.1 Å². The van der Waals surface area contributed by atoms with Gasteiger partial charge in [0.05, 0.1) is 4.90 Å². The molecule has 0 aliphatic heterocycles. The van der Waals surface area contributed by atoms with Crippen LogP contribution in [0.3, 0.4) is 0 Å². The number of unbranched alkanes of at least 4 members (excludes halogenated alkanes) is 13. The quantitative estimate of drug-likeness (QED) is 0.249. The molecule has 4 nitrogen and oxygen atoms in total. The normalized spacial score (nSPS) is 11.7. The fourth-order valence-electron chi connectivity index (χ4n) is 3.26.